The van der Waals surface area contributed by atoms with Gasteiger partial charge < -0.3 is 19.1 Å². The number of carbonyl (C=O) groups is 1. The molecule has 0 amide bonds. The third-order valence-electron chi connectivity index (χ3n) is 4.99. The number of benzene rings is 3. The minimum atomic E-state index is -0.929. The Morgan fingerprint density at radius 2 is 1.66 bits per heavy atom. The molecule has 146 valence electrons. The van der Waals surface area contributed by atoms with Crippen molar-refractivity contribution < 1.29 is 19.4 Å². The van der Waals surface area contributed by atoms with Gasteiger partial charge in [0.15, 0.2) is 0 Å². The molecule has 29 heavy (non-hydrogen) atoms. The second-order valence-corrected chi connectivity index (χ2v) is 6.78. The summed E-state index contributed by atoms with van der Waals surface area (Å²) in [6.07, 6.45) is 0. The van der Waals surface area contributed by atoms with Crippen LogP contribution in [-0.2, 0) is 6.54 Å². The molecule has 4 aromatic rings. The second kappa shape index (κ2) is 7.72. The molecule has 0 aliphatic rings. The Kier molecular flexibility index (Phi) is 4.96. The molecular weight excluding hydrogens is 366 g/mol. The van der Waals surface area contributed by atoms with Crippen LogP contribution in [0, 0.1) is 0 Å². The molecular formula is C24H21NO4. The van der Waals surface area contributed by atoms with Gasteiger partial charge in [0.25, 0.3) is 0 Å². The van der Waals surface area contributed by atoms with E-state index in [0.29, 0.717) is 6.54 Å². The summed E-state index contributed by atoms with van der Waals surface area (Å²) in [6, 6.07) is 23.0. The molecule has 0 aliphatic carbocycles. The molecule has 0 spiro atoms. The van der Waals surface area contributed by atoms with Gasteiger partial charge in [-0.3, -0.25) is 0 Å². The van der Waals surface area contributed by atoms with Crippen molar-refractivity contribution in [2.45, 2.75) is 6.54 Å². The molecule has 5 heteroatoms. The molecule has 0 aliphatic heterocycles. The highest BCUT2D eigenvalue weighted by Crippen LogP contribution is 2.33. The summed E-state index contributed by atoms with van der Waals surface area (Å²) in [5.41, 5.74) is 4.29. The molecule has 0 saturated heterocycles. The smallest absolute Gasteiger partial charge is 0.335 e. The van der Waals surface area contributed by atoms with E-state index in [0.717, 1.165) is 39.2 Å². The summed E-state index contributed by atoms with van der Waals surface area (Å²) in [4.78, 5) is 11.4. The number of aromatic nitrogens is 1. The second-order valence-electron chi connectivity index (χ2n) is 6.78. The van der Waals surface area contributed by atoms with Gasteiger partial charge in [0.1, 0.15) is 11.5 Å². The van der Waals surface area contributed by atoms with Crippen LogP contribution in [-0.4, -0.2) is 29.9 Å². The summed E-state index contributed by atoms with van der Waals surface area (Å²) in [7, 11) is 3.30. The van der Waals surface area contributed by atoms with Gasteiger partial charge in [-0.2, -0.15) is 0 Å². The molecule has 1 heterocycles. The lowest BCUT2D eigenvalue weighted by atomic mass is 10.1. The Morgan fingerprint density at radius 1 is 0.897 bits per heavy atom. The zero-order chi connectivity index (χ0) is 20.4. The van der Waals surface area contributed by atoms with E-state index in [2.05, 4.69) is 10.6 Å². The average molecular weight is 387 g/mol. The van der Waals surface area contributed by atoms with Crippen LogP contribution in [0.1, 0.15) is 15.9 Å². The third-order valence-corrected chi connectivity index (χ3v) is 4.99. The van der Waals surface area contributed by atoms with Crippen LogP contribution < -0.4 is 9.47 Å². The van der Waals surface area contributed by atoms with Crippen LogP contribution in [0.4, 0.5) is 0 Å². The number of nitrogens with zero attached hydrogens (tertiary/aromatic N) is 1. The molecule has 1 aromatic heterocycles. The third kappa shape index (κ3) is 3.67. The maximum Gasteiger partial charge on any atom is 0.335 e. The topological polar surface area (TPSA) is 60.7 Å². The lowest BCUT2D eigenvalue weighted by Gasteiger charge is -2.13. The molecule has 0 saturated carbocycles. The quantitative estimate of drug-likeness (QED) is 0.502. The number of fused-ring (bicyclic) bond motifs is 1. The summed E-state index contributed by atoms with van der Waals surface area (Å²) >= 11 is 0. The molecule has 0 unspecified atom stereocenters. The van der Waals surface area contributed by atoms with Crippen molar-refractivity contribution in [2.24, 2.45) is 0 Å². The first-order chi connectivity index (χ1) is 14.1. The van der Waals surface area contributed by atoms with Crippen molar-refractivity contribution in [1.82, 2.24) is 4.57 Å². The van der Waals surface area contributed by atoms with E-state index in [-0.39, 0.29) is 5.56 Å². The van der Waals surface area contributed by atoms with Crippen molar-refractivity contribution >= 4 is 16.9 Å². The number of methoxy groups -OCH3 is 2. The number of ether oxygens (including phenoxy) is 2. The molecule has 4 rings (SSSR count). The van der Waals surface area contributed by atoms with Crippen molar-refractivity contribution in [3.8, 4) is 22.8 Å². The van der Waals surface area contributed by atoms with E-state index in [1.54, 1.807) is 32.4 Å². The van der Waals surface area contributed by atoms with Crippen molar-refractivity contribution in [2.75, 3.05) is 14.2 Å². The van der Waals surface area contributed by atoms with E-state index in [1.807, 2.05) is 48.5 Å². The monoisotopic (exact) mass is 387 g/mol. The molecule has 0 fully saturated rings. The summed E-state index contributed by atoms with van der Waals surface area (Å²) in [5, 5.41) is 10.4. The van der Waals surface area contributed by atoms with Crippen molar-refractivity contribution in [1.29, 1.82) is 0 Å². The van der Waals surface area contributed by atoms with Gasteiger partial charge in [-0.1, -0.05) is 24.3 Å². The Morgan fingerprint density at radius 3 is 2.41 bits per heavy atom. The lowest BCUT2D eigenvalue weighted by Crippen LogP contribution is -2.04. The van der Waals surface area contributed by atoms with Crippen molar-refractivity contribution in [3.05, 3.63) is 83.9 Å². The van der Waals surface area contributed by atoms with Gasteiger partial charge in [0.2, 0.25) is 0 Å². The van der Waals surface area contributed by atoms with Crippen LogP contribution in [0.15, 0.2) is 72.8 Å². The average Bonchev–Trinajstić information content (AvgIpc) is 3.11. The molecule has 3 aromatic carbocycles. The van der Waals surface area contributed by atoms with Crippen LogP contribution in [0.3, 0.4) is 0 Å². The lowest BCUT2D eigenvalue weighted by molar-refractivity contribution is 0.0696. The number of hydrogen-bond donors (Lipinski definition) is 1. The number of rotatable bonds is 6. The van der Waals surface area contributed by atoms with Crippen LogP contribution >= 0.6 is 0 Å². The number of hydrogen-bond acceptors (Lipinski definition) is 3. The normalized spacial score (nSPS) is 10.8. The predicted molar refractivity (Wildman–Crippen MR) is 113 cm³/mol. The van der Waals surface area contributed by atoms with E-state index >= 15 is 0 Å². The van der Waals surface area contributed by atoms with Crippen LogP contribution in [0.2, 0.25) is 0 Å². The Labute approximate surface area is 168 Å². The fraction of sp³-hybridized carbons (Fsp3) is 0.125. The van der Waals surface area contributed by atoms with Gasteiger partial charge in [-0.15, -0.1) is 0 Å². The fourth-order valence-corrected chi connectivity index (χ4v) is 3.55. The van der Waals surface area contributed by atoms with Gasteiger partial charge in [0.05, 0.1) is 19.8 Å². The van der Waals surface area contributed by atoms with Gasteiger partial charge in [-0.05, 0) is 54.1 Å². The van der Waals surface area contributed by atoms with Crippen LogP contribution in [0.5, 0.6) is 11.5 Å². The standard InChI is InChI=1S/C24H21NO4/c1-28-20-8-4-6-17(12-20)23-14-19-13-21(29-2)9-10-22(19)25(23)15-16-5-3-7-18(11-16)24(26)27/h3-14H,15H2,1-2H3,(H,26,27). The largest absolute Gasteiger partial charge is 0.497 e. The molecule has 1 N–H and O–H groups in total. The molecule has 0 bridgehead atoms. The van der Waals surface area contributed by atoms with Crippen LogP contribution in [0.25, 0.3) is 22.2 Å². The van der Waals surface area contributed by atoms with E-state index in [9.17, 15) is 9.90 Å². The highest BCUT2D eigenvalue weighted by atomic mass is 16.5. The number of carboxylic acid groups (broad SMARTS) is 1. The zero-order valence-electron chi connectivity index (χ0n) is 16.3. The van der Waals surface area contributed by atoms with E-state index < -0.39 is 5.97 Å². The molecule has 0 radical (unpaired) electrons. The van der Waals surface area contributed by atoms with Gasteiger partial charge in [-0.25, -0.2) is 4.79 Å². The van der Waals surface area contributed by atoms with E-state index in [1.165, 1.54) is 0 Å². The Bertz CT molecular complexity index is 1190. The fourth-order valence-electron chi connectivity index (χ4n) is 3.55. The maximum atomic E-state index is 11.4. The minimum Gasteiger partial charge on any atom is -0.497 e. The highest BCUT2D eigenvalue weighted by molar-refractivity contribution is 5.89. The summed E-state index contributed by atoms with van der Waals surface area (Å²) < 4.78 is 13.0. The molecule has 5 nitrogen and oxygen atoms in total. The number of carboxylic acids is 1. The first-order valence-electron chi connectivity index (χ1n) is 9.23. The minimum absolute atomic E-state index is 0.281. The molecule has 0 atom stereocenters. The first kappa shape index (κ1) is 18.6. The first-order valence-corrected chi connectivity index (χ1v) is 9.23. The Hall–Kier alpha value is -3.73. The number of aromatic carboxylic acids is 1. The van der Waals surface area contributed by atoms with Crippen molar-refractivity contribution in [3.63, 3.8) is 0 Å². The SMILES string of the molecule is COc1cccc(-c2cc3cc(OC)ccc3n2Cc2cccc(C(=O)O)c2)c1. The zero-order valence-corrected chi connectivity index (χ0v) is 16.3. The summed E-state index contributed by atoms with van der Waals surface area (Å²) in [5.74, 6) is 0.645. The predicted octanol–water partition coefficient (Wildman–Crippen LogP) is 5.07. The van der Waals surface area contributed by atoms with E-state index in [4.69, 9.17) is 9.47 Å². The highest BCUT2D eigenvalue weighted by Gasteiger charge is 2.14. The Balaban J connectivity index is 1.88. The van der Waals surface area contributed by atoms with Gasteiger partial charge in [0, 0.05) is 28.7 Å². The van der Waals surface area contributed by atoms with Gasteiger partial charge >= 0.3 is 5.97 Å². The maximum absolute atomic E-state index is 11.4. The summed E-state index contributed by atoms with van der Waals surface area (Å²) in [6.45, 7) is 0.545.